The monoisotopic (exact) mass is 400 g/mol. The number of tetrazole rings is 1. The fourth-order valence-corrected chi connectivity index (χ4v) is 4.49. The molecule has 28 heavy (non-hydrogen) atoms. The van der Waals surface area contributed by atoms with Gasteiger partial charge in [0.1, 0.15) is 5.82 Å². The van der Waals surface area contributed by atoms with Crippen LogP contribution < -0.4 is 4.90 Å². The van der Waals surface area contributed by atoms with E-state index in [9.17, 15) is 4.39 Å². The van der Waals surface area contributed by atoms with Crippen LogP contribution in [0.2, 0.25) is 0 Å². The maximum absolute atomic E-state index is 13.2. The average molecular weight is 401 g/mol. The van der Waals surface area contributed by atoms with Gasteiger partial charge in [-0.1, -0.05) is 19.4 Å². The van der Waals surface area contributed by atoms with Gasteiger partial charge >= 0.3 is 0 Å². The van der Waals surface area contributed by atoms with Gasteiger partial charge < -0.3 is 4.90 Å². The molecule has 0 unspecified atom stereocenters. The maximum Gasteiger partial charge on any atom is 0.168 e. The number of halogens is 1. The van der Waals surface area contributed by atoms with E-state index in [1.165, 1.54) is 17.0 Å². The Morgan fingerprint density at radius 1 is 1.11 bits per heavy atom. The zero-order valence-electron chi connectivity index (χ0n) is 16.0. The number of hydrogen-bond acceptors (Lipinski definition) is 6. The Labute approximate surface area is 168 Å². The average Bonchev–Trinajstić information content (AvgIpc) is 3.40. The molecule has 3 aromatic rings. The zero-order valence-corrected chi connectivity index (χ0v) is 16.9. The van der Waals surface area contributed by atoms with Crippen LogP contribution in [0.15, 0.2) is 41.8 Å². The van der Waals surface area contributed by atoms with Gasteiger partial charge in [0, 0.05) is 36.7 Å². The topological polar surface area (TPSA) is 50.1 Å². The van der Waals surface area contributed by atoms with Crippen molar-refractivity contribution in [3.63, 3.8) is 0 Å². The second kappa shape index (κ2) is 8.79. The lowest BCUT2D eigenvalue weighted by Crippen LogP contribution is -2.48. The van der Waals surface area contributed by atoms with Gasteiger partial charge in [-0.3, -0.25) is 4.90 Å². The van der Waals surface area contributed by atoms with Gasteiger partial charge in [0.2, 0.25) is 0 Å². The molecule has 0 saturated carbocycles. The Morgan fingerprint density at radius 2 is 1.89 bits per heavy atom. The SMILES string of the molecule is CCC[C@H](c1nnnn1Cc1cccs1)N1CCN(c2ccc(F)cc2)CC1. The number of hydrogen-bond donors (Lipinski definition) is 0. The Bertz CT molecular complexity index is 855. The summed E-state index contributed by atoms with van der Waals surface area (Å²) in [6.45, 7) is 6.63. The molecule has 0 aliphatic carbocycles. The van der Waals surface area contributed by atoms with Crippen molar-refractivity contribution in [3.8, 4) is 0 Å². The van der Waals surface area contributed by atoms with E-state index in [1.54, 1.807) is 11.3 Å². The van der Waals surface area contributed by atoms with E-state index in [0.717, 1.165) is 57.1 Å². The van der Waals surface area contributed by atoms with Crippen LogP contribution in [-0.2, 0) is 6.54 Å². The summed E-state index contributed by atoms with van der Waals surface area (Å²) in [6.07, 6.45) is 2.11. The molecule has 148 valence electrons. The van der Waals surface area contributed by atoms with E-state index in [0.29, 0.717) is 0 Å². The van der Waals surface area contributed by atoms with Crippen LogP contribution in [-0.4, -0.2) is 51.3 Å². The van der Waals surface area contributed by atoms with E-state index < -0.39 is 0 Å². The van der Waals surface area contributed by atoms with Crippen molar-refractivity contribution in [2.24, 2.45) is 0 Å². The van der Waals surface area contributed by atoms with Crippen LogP contribution in [0.1, 0.15) is 36.5 Å². The molecule has 1 aliphatic rings. The quantitative estimate of drug-likeness (QED) is 0.607. The third-order valence-corrected chi connectivity index (χ3v) is 6.11. The molecule has 3 heterocycles. The van der Waals surface area contributed by atoms with E-state index >= 15 is 0 Å². The van der Waals surface area contributed by atoms with Crippen molar-refractivity contribution in [2.75, 3.05) is 31.1 Å². The number of piperazine rings is 1. The number of aromatic nitrogens is 4. The summed E-state index contributed by atoms with van der Waals surface area (Å²) in [7, 11) is 0. The largest absolute Gasteiger partial charge is 0.369 e. The fraction of sp³-hybridized carbons (Fsp3) is 0.450. The van der Waals surface area contributed by atoms with Crippen LogP contribution in [0.25, 0.3) is 0 Å². The van der Waals surface area contributed by atoms with Gasteiger partial charge in [0.05, 0.1) is 12.6 Å². The van der Waals surface area contributed by atoms with E-state index in [4.69, 9.17) is 0 Å². The molecule has 0 N–H and O–H groups in total. The number of nitrogens with zero attached hydrogens (tertiary/aromatic N) is 6. The summed E-state index contributed by atoms with van der Waals surface area (Å²) in [5.41, 5.74) is 1.08. The highest BCUT2D eigenvalue weighted by molar-refractivity contribution is 7.09. The van der Waals surface area contributed by atoms with Gasteiger partial charge in [-0.2, -0.15) is 0 Å². The zero-order chi connectivity index (χ0) is 19.3. The molecule has 8 heteroatoms. The first kappa shape index (κ1) is 19.0. The lowest BCUT2D eigenvalue weighted by Gasteiger charge is -2.39. The van der Waals surface area contributed by atoms with Crippen LogP contribution in [0.3, 0.4) is 0 Å². The van der Waals surface area contributed by atoms with Crippen molar-refractivity contribution in [3.05, 3.63) is 58.3 Å². The standard InChI is InChI=1S/C20H25FN6S/c1-2-4-19(20-22-23-24-27(20)15-18-5-3-14-28-18)26-12-10-25(11-13-26)17-8-6-16(21)7-9-17/h3,5-9,14,19H,2,4,10-13,15H2,1H3/t19-/m1/s1. The van der Waals surface area contributed by atoms with Crippen molar-refractivity contribution >= 4 is 17.0 Å². The minimum atomic E-state index is -0.192. The molecular weight excluding hydrogens is 375 g/mol. The number of thiophene rings is 1. The number of anilines is 1. The van der Waals surface area contributed by atoms with Gasteiger partial charge in [0.15, 0.2) is 5.82 Å². The molecule has 0 amide bonds. The van der Waals surface area contributed by atoms with Crippen LogP contribution in [0.5, 0.6) is 0 Å². The smallest absolute Gasteiger partial charge is 0.168 e. The first-order valence-electron chi connectivity index (χ1n) is 9.77. The molecule has 4 rings (SSSR count). The molecule has 0 radical (unpaired) electrons. The maximum atomic E-state index is 13.2. The molecule has 1 saturated heterocycles. The summed E-state index contributed by atoms with van der Waals surface area (Å²) in [5, 5.41) is 14.7. The van der Waals surface area contributed by atoms with Crippen molar-refractivity contribution in [1.29, 1.82) is 0 Å². The molecule has 0 spiro atoms. The third-order valence-electron chi connectivity index (χ3n) is 5.25. The summed E-state index contributed by atoms with van der Waals surface area (Å²) in [5.74, 6) is 0.758. The normalized spacial score (nSPS) is 16.4. The van der Waals surface area contributed by atoms with Crippen molar-refractivity contribution < 1.29 is 4.39 Å². The fourth-order valence-electron chi connectivity index (χ4n) is 3.81. The van der Waals surface area contributed by atoms with Gasteiger partial charge in [-0.15, -0.1) is 16.4 Å². The Balaban J connectivity index is 1.46. The van der Waals surface area contributed by atoms with Gasteiger partial charge in [-0.25, -0.2) is 9.07 Å². The van der Waals surface area contributed by atoms with Gasteiger partial charge in [0.25, 0.3) is 0 Å². The van der Waals surface area contributed by atoms with Crippen LogP contribution in [0.4, 0.5) is 10.1 Å². The lowest BCUT2D eigenvalue weighted by atomic mass is 10.1. The van der Waals surface area contributed by atoms with E-state index in [2.05, 4.69) is 49.8 Å². The van der Waals surface area contributed by atoms with Crippen molar-refractivity contribution in [2.45, 2.75) is 32.4 Å². The van der Waals surface area contributed by atoms with Crippen molar-refractivity contribution in [1.82, 2.24) is 25.1 Å². The van der Waals surface area contributed by atoms with Gasteiger partial charge in [-0.05, 0) is 52.6 Å². The summed E-state index contributed by atoms with van der Waals surface area (Å²) < 4.78 is 15.1. The van der Waals surface area contributed by atoms with Crippen LogP contribution in [0, 0.1) is 5.82 Å². The third kappa shape index (κ3) is 4.23. The number of rotatable bonds is 7. The molecule has 1 aliphatic heterocycles. The van der Waals surface area contributed by atoms with Crippen LogP contribution >= 0.6 is 11.3 Å². The molecule has 2 aromatic heterocycles. The Kier molecular flexibility index (Phi) is 5.97. The highest BCUT2D eigenvalue weighted by atomic mass is 32.1. The minimum Gasteiger partial charge on any atom is -0.369 e. The highest BCUT2D eigenvalue weighted by Gasteiger charge is 2.28. The number of benzene rings is 1. The first-order valence-corrected chi connectivity index (χ1v) is 10.7. The predicted octanol–water partition coefficient (Wildman–Crippen LogP) is 3.59. The minimum absolute atomic E-state index is 0.192. The predicted molar refractivity (Wildman–Crippen MR) is 109 cm³/mol. The second-order valence-electron chi connectivity index (χ2n) is 7.08. The first-order chi connectivity index (χ1) is 13.7. The summed E-state index contributed by atoms with van der Waals surface area (Å²) in [4.78, 5) is 6.05. The molecule has 1 aromatic carbocycles. The summed E-state index contributed by atoms with van der Waals surface area (Å²) in [6, 6.07) is 11.2. The molecule has 6 nitrogen and oxygen atoms in total. The molecule has 1 fully saturated rings. The van der Waals surface area contributed by atoms with E-state index in [1.807, 2.05) is 16.8 Å². The second-order valence-corrected chi connectivity index (χ2v) is 8.11. The molecular formula is C20H25FN6S. The Hall–Kier alpha value is -2.32. The lowest BCUT2D eigenvalue weighted by molar-refractivity contribution is 0.164. The Morgan fingerprint density at radius 3 is 2.57 bits per heavy atom. The summed E-state index contributed by atoms with van der Waals surface area (Å²) >= 11 is 1.73. The molecule has 0 bridgehead atoms. The molecule has 1 atom stereocenters. The highest BCUT2D eigenvalue weighted by Crippen LogP contribution is 2.27. The van der Waals surface area contributed by atoms with E-state index in [-0.39, 0.29) is 11.9 Å².